The van der Waals surface area contributed by atoms with Gasteiger partial charge in [0.2, 0.25) is 0 Å². The maximum atomic E-state index is 12.1. The third-order valence-corrected chi connectivity index (χ3v) is 2.24. The Labute approximate surface area is 129 Å². The molecule has 72 valence electrons. The Morgan fingerprint density at radius 3 is 2.36 bits per heavy atom. The van der Waals surface area contributed by atoms with Crippen LogP contribution >= 0.6 is 11.6 Å². The molecular formula is C8H8BClF3K. The van der Waals surface area contributed by atoms with Crippen LogP contribution in [0.3, 0.4) is 0 Å². The smallest absolute Gasteiger partial charge is 0.449 e. The van der Waals surface area contributed by atoms with Crippen molar-refractivity contribution in [3.8, 4) is 0 Å². The van der Waals surface area contributed by atoms with Gasteiger partial charge < -0.3 is 12.9 Å². The fraction of sp³-hybridized carbons (Fsp3) is 0.250. The van der Waals surface area contributed by atoms with Gasteiger partial charge in [-0.3, -0.25) is 0 Å². The van der Waals surface area contributed by atoms with Gasteiger partial charge in [0.15, 0.2) is 0 Å². The molecule has 0 aliphatic heterocycles. The van der Waals surface area contributed by atoms with Crippen molar-refractivity contribution in [3.05, 3.63) is 34.3 Å². The van der Waals surface area contributed by atoms with Crippen LogP contribution in [0.25, 0.3) is 0 Å². The van der Waals surface area contributed by atoms with E-state index >= 15 is 0 Å². The maximum Gasteiger partial charge on any atom is 1.00 e. The third-order valence-electron chi connectivity index (χ3n) is 1.83. The van der Waals surface area contributed by atoms with Crippen molar-refractivity contribution in [2.24, 2.45) is 0 Å². The predicted octanol–water partition coefficient (Wildman–Crippen LogP) is 0.582. The fourth-order valence-electron chi connectivity index (χ4n) is 1.12. The van der Waals surface area contributed by atoms with E-state index in [1.165, 1.54) is 12.1 Å². The van der Waals surface area contributed by atoms with Crippen LogP contribution in [0.15, 0.2) is 18.2 Å². The summed E-state index contributed by atoms with van der Waals surface area (Å²) in [7, 11) is 0. The zero-order valence-electron chi connectivity index (χ0n) is 8.03. The van der Waals surface area contributed by atoms with E-state index in [1.807, 2.05) is 0 Å². The average molecular weight is 247 g/mol. The van der Waals surface area contributed by atoms with Crippen molar-refractivity contribution in [2.75, 3.05) is 0 Å². The minimum Gasteiger partial charge on any atom is -0.449 e. The number of benzene rings is 1. The Bertz CT molecular complexity index is 314. The Morgan fingerprint density at radius 1 is 1.29 bits per heavy atom. The summed E-state index contributed by atoms with van der Waals surface area (Å²) in [5.41, 5.74) is 0.781. The molecule has 6 heteroatoms. The average Bonchev–Trinajstić information content (AvgIpc) is 1.96. The first-order valence-corrected chi connectivity index (χ1v) is 4.23. The summed E-state index contributed by atoms with van der Waals surface area (Å²) < 4.78 is 36.2. The van der Waals surface area contributed by atoms with Crippen LogP contribution in [0.1, 0.15) is 11.1 Å². The molecule has 0 aromatic heterocycles. The summed E-state index contributed by atoms with van der Waals surface area (Å²) >= 11 is 5.68. The van der Waals surface area contributed by atoms with Gasteiger partial charge >= 0.3 is 58.4 Å². The Kier molecular flexibility index (Phi) is 6.34. The van der Waals surface area contributed by atoms with Gasteiger partial charge in [-0.05, 0) is 18.6 Å². The molecule has 0 aliphatic rings. The summed E-state index contributed by atoms with van der Waals surface area (Å²) in [5.74, 6) is 0. The minimum atomic E-state index is -4.77. The second kappa shape index (κ2) is 5.92. The largest absolute Gasteiger partial charge is 1.00 e. The quantitative estimate of drug-likeness (QED) is 0.670. The second-order valence-corrected chi connectivity index (χ2v) is 3.35. The van der Waals surface area contributed by atoms with E-state index in [2.05, 4.69) is 0 Å². The molecule has 0 atom stereocenters. The molecule has 0 N–H and O–H groups in total. The van der Waals surface area contributed by atoms with Gasteiger partial charge in [-0.2, -0.15) is 0 Å². The first-order valence-electron chi connectivity index (χ1n) is 3.85. The Hall–Kier alpha value is 1.00. The molecule has 0 bridgehead atoms. The summed E-state index contributed by atoms with van der Waals surface area (Å²) in [6.07, 6.45) is -0.855. The molecule has 1 rings (SSSR count). The van der Waals surface area contributed by atoms with E-state index in [0.717, 1.165) is 0 Å². The van der Waals surface area contributed by atoms with Gasteiger partial charge in [-0.1, -0.05) is 35.6 Å². The summed E-state index contributed by atoms with van der Waals surface area (Å²) in [5, 5.41) is 0.387. The SMILES string of the molecule is Cc1c(Cl)cccc1C[B-](F)(F)F.[K+]. The van der Waals surface area contributed by atoms with Crippen LogP contribution in [0.2, 0.25) is 5.02 Å². The minimum absolute atomic E-state index is 0. The van der Waals surface area contributed by atoms with E-state index < -0.39 is 13.3 Å². The van der Waals surface area contributed by atoms with Gasteiger partial charge in [0.1, 0.15) is 0 Å². The number of halogens is 4. The van der Waals surface area contributed by atoms with Crippen molar-refractivity contribution in [1.82, 2.24) is 0 Å². The Balaban J connectivity index is 0.00000169. The van der Waals surface area contributed by atoms with Crippen LogP contribution in [-0.4, -0.2) is 6.98 Å². The van der Waals surface area contributed by atoms with E-state index in [-0.39, 0.29) is 56.9 Å². The molecule has 0 fully saturated rings. The summed E-state index contributed by atoms with van der Waals surface area (Å²) in [4.78, 5) is 0. The molecule has 14 heavy (non-hydrogen) atoms. The van der Waals surface area contributed by atoms with Crippen LogP contribution in [0.4, 0.5) is 12.9 Å². The van der Waals surface area contributed by atoms with E-state index in [1.54, 1.807) is 13.0 Å². The van der Waals surface area contributed by atoms with Gasteiger partial charge in [0.25, 0.3) is 0 Å². The molecule has 0 heterocycles. The van der Waals surface area contributed by atoms with Crippen LogP contribution in [-0.2, 0) is 6.32 Å². The van der Waals surface area contributed by atoms with Crippen molar-refractivity contribution in [1.29, 1.82) is 0 Å². The van der Waals surface area contributed by atoms with Gasteiger partial charge in [-0.25, -0.2) is 0 Å². The zero-order chi connectivity index (χ0) is 10.1. The van der Waals surface area contributed by atoms with Crippen molar-refractivity contribution < 1.29 is 64.3 Å². The molecule has 0 saturated carbocycles. The third kappa shape index (κ3) is 4.68. The zero-order valence-corrected chi connectivity index (χ0v) is 11.9. The molecule has 0 nitrogen and oxygen atoms in total. The van der Waals surface area contributed by atoms with Gasteiger partial charge in [-0.15, -0.1) is 0 Å². The molecule has 0 aliphatic carbocycles. The second-order valence-electron chi connectivity index (χ2n) is 2.94. The summed E-state index contributed by atoms with van der Waals surface area (Å²) in [6, 6.07) is 4.58. The topological polar surface area (TPSA) is 0 Å². The number of rotatable bonds is 2. The van der Waals surface area contributed by atoms with E-state index in [9.17, 15) is 12.9 Å². The Morgan fingerprint density at radius 2 is 1.86 bits per heavy atom. The standard InChI is InChI=1S/C8H8BClF3.K/c1-6-7(5-9(11,12)13)3-2-4-8(6)10;/h2-4H,5H2,1H3;/q-1;+1. The maximum absolute atomic E-state index is 12.1. The van der Waals surface area contributed by atoms with Gasteiger partial charge in [0, 0.05) is 5.02 Å². The van der Waals surface area contributed by atoms with E-state index in [4.69, 9.17) is 11.6 Å². The molecule has 0 unspecified atom stereocenters. The first-order chi connectivity index (χ1) is 5.90. The number of hydrogen-bond donors (Lipinski definition) is 0. The molecule has 0 spiro atoms. The van der Waals surface area contributed by atoms with Crippen molar-refractivity contribution in [2.45, 2.75) is 13.2 Å². The monoisotopic (exact) mass is 246 g/mol. The molecule has 0 saturated heterocycles. The molecule has 0 amide bonds. The number of hydrogen-bond acceptors (Lipinski definition) is 0. The molecule has 0 radical (unpaired) electrons. The molecule has 1 aromatic rings. The fourth-order valence-corrected chi connectivity index (χ4v) is 1.32. The normalized spacial score (nSPS) is 10.9. The predicted molar refractivity (Wildman–Crippen MR) is 49.0 cm³/mol. The van der Waals surface area contributed by atoms with Crippen LogP contribution < -0.4 is 51.4 Å². The van der Waals surface area contributed by atoms with Crippen molar-refractivity contribution >= 4 is 18.6 Å². The molecular weight excluding hydrogens is 238 g/mol. The van der Waals surface area contributed by atoms with Gasteiger partial charge in [0.05, 0.1) is 0 Å². The summed E-state index contributed by atoms with van der Waals surface area (Å²) in [6.45, 7) is -3.18. The first kappa shape index (κ1) is 15.0. The van der Waals surface area contributed by atoms with Crippen LogP contribution in [0.5, 0.6) is 0 Å². The van der Waals surface area contributed by atoms with Crippen LogP contribution in [0, 0.1) is 6.92 Å². The van der Waals surface area contributed by atoms with Crippen molar-refractivity contribution in [3.63, 3.8) is 0 Å². The van der Waals surface area contributed by atoms with E-state index in [0.29, 0.717) is 10.6 Å². The molecule has 1 aromatic carbocycles.